The van der Waals surface area contributed by atoms with Crippen molar-refractivity contribution in [3.8, 4) is 11.1 Å². The molecule has 2 aromatic carbocycles. The molecule has 0 unspecified atom stereocenters. The molecule has 0 aliphatic carbocycles. The Balaban J connectivity index is 1.84. The number of hydrogen-bond donors (Lipinski definition) is 1. The lowest BCUT2D eigenvalue weighted by Crippen LogP contribution is -2.19. The summed E-state index contributed by atoms with van der Waals surface area (Å²) in [6.07, 6.45) is 4.58. The highest BCUT2D eigenvalue weighted by Gasteiger charge is 2.27. The topological polar surface area (TPSA) is 75.2 Å². The maximum absolute atomic E-state index is 14.8. The van der Waals surface area contributed by atoms with Gasteiger partial charge in [0.05, 0.1) is 18.0 Å². The van der Waals surface area contributed by atoms with Crippen LogP contribution in [-0.2, 0) is 29.2 Å². The van der Waals surface area contributed by atoms with Gasteiger partial charge in [0.25, 0.3) is 5.56 Å². The summed E-state index contributed by atoms with van der Waals surface area (Å²) in [6, 6.07) is 8.58. The van der Waals surface area contributed by atoms with Crippen LogP contribution in [0.5, 0.6) is 0 Å². The average Bonchev–Trinajstić information content (AvgIpc) is 2.99. The molecule has 1 aliphatic heterocycles. The minimum atomic E-state index is -3.28. The van der Waals surface area contributed by atoms with Crippen molar-refractivity contribution < 1.29 is 17.2 Å². The first-order valence-electron chi connectivity index (χ1n) is 9.85. The molecule has 0 fully saturated rings. The maximum atomic E-state index is 14.8. The zero-order valence-electron chi connectivity index (χ0n) is 17.3. The van der Waals surface area contributed by atoms with E-state index < -0.39 is 21.5 Å². The fourth-order valence-electron chi connectivity index (χ4n) is 4.44. The van der Waals surface area contributed by atoms with Crippen LogP contribution in [0.25, 0.3) is 22.0 Å². The quantitative estimate of drug-likeness (QED) is 0.507. The van der Waals surface area contributed by atoms with E-state index >= 15 is 0 Å². The van der Waals surface area contributed by atoms with E-state index in [9.17, 15) is 22.0 Å². The van der Waals surface area contributed by atoms with Crippen LogP contribution in [-0.4, -0.2) is 24.2 Å². The summed E-state index contributed by atoms with van der Waals surface area (Å²) in [5, 5.41) is 0.721. The van der Waals surface area contributed by atoms with Gasteiger partial charge in [-0.3, -0.25) is 4.79 Å². The van der Waals surface area contributed by atoms with E-state index in [4.69, 9.17) is 0 Å². The number of aryl methyl sites for hydroxylation is 1. The molecule has 6 nitrogen and oxygen atoms in total. The third-order valence-electron chi connectivity index (χ3n) is 5.70. The van der Waals surface area contributed by atoms with Crippen LogP contribution in [0.2, 0.25) is 0 Å². The van der Waals surface area contributed by atoms with Gasteiger partial charge in [0.15, 0.2) is 9.84 Å². The Labute approximate surface area is 182 Å². The lowest BCUT2D eigenvalue weighted by molar-refractivity contribution is 0.582. The molecule has 1 aliphatic rings. The lowest BCUT2D eigenvalue weighted by Gasteiger charge is -2.26. The van der Waals surface area contributed by atoms with Gasteiger partial charge in [0.2, 0.25) is 0 Å². The number of benzene rings is 2. The van der Waals surface area contributed by atoms with Crippen LogP contribution < -0.4 is 10.5 Å². The van der Waals surface area contributed by atoms with E-state index in [-0.39, 0.29) is 23.5 Å². The number of pyridine rings is 1. The summed E-state index contributed by atoms with van der Waals surface area (Å²) < 4.78 is 53.9. The Hall–Kier alpha value is -3.46. The fourth-order valence-corrected chi connectivity index (χ4v) is 5.23. The zero-order valence-corrected chi connectivity index (χ0v) is 18.1. The van der Waals surface area contributed by atoms with Crippen LogP contribution in [0, 0.1) is 11.6 Å². The molecule has 9 heteroatoms. The molecule has 0 saturated heterocycles. The third-order valence-corrected chi connectivity index (χ3v) is 6.55. The van der Waals surface area contributed by atoms with E-state index in [1.807, 2.05) is 6.20 Å². The Morgan fingerprint density at radius 3 is 2.53 bits per heavy atom. The smallest absolute Gasteiger partial charge is 0.272 e. The van der Waals surface area contributed by atoms with Crippen molar-refractivity contribution in [2.45, 2.75) is 12.3 Å². The summed E-state index contributed by atoms with van der Waals surface area (Å²) in [6.45, 7) is 0.227. The molecule has 4 aromatic rings. The molecule has 1 N–H and O–H groups in total. The second kappa shape index (κ2) is 7.03. The largest absolute Gasteiger partial charge is 0.345 e. The highest BCUT2D eigenvalue weighted by Crippen LogP contribution is 2.44. The van der Waals surface area contributed by atoms with Gasteiger partial charge < -0.3 is 14.5 Å². The third kappa shape index (κ3) is 3.29. The zero-order chi connectivity index (χ0) is 22.8. The number of sulfone groups is 1. The number of nitrogens with zero attached hydrogens (tertiary/aromatic N) is 2. The number of hydrogen-bond acceptors (Lipinski definition) is 4. The van der Waals surface area contributed by atoms with Gasteiger partial charge >= 0.3 is 0 Å². The standard InChI is InChI=1S/C23H19F2N3O3S/c1-27-11-17-16-7-13(12-32(2,30)31)3-5-19(16)28(20-6-4-15(24)8-18(20)25)10-14-9-26-23(29)22(27)21(14)17/h3-9,11H,10,12H2,1-2H3,(H,26,29). The molecule has 0 radical (unpaired) electrons. The van der Waals surface area contributed by atoms with Gasteiger partial charge in [0.1, 0.15) is 17.2 Å². The van der Waals surface area contributed by atoms with Crippen LogP contribution in [0.3, 0.4) is 0 Å². The number of aromatic amines is 1. The van der Waals surface area contributed by atoms with Crippen molar-refractivity contribution in [2.24, 2.45) is 7.05 Å². The van der Waals surface area contributed by atoms with Gasteiger partial charge in [-0.2, -0.15) is 0 Å². The lowest BCUT2D eigenvalue weighted by atomic mass is 10.0. The second-order valence-corrected chi connectivity index (χ2v) is 10.3. The van der Waals surface area contributed by atoms with Crippen molar-refractivity contribution in [1.29, 1.82) is 0 Å². The van der Waals surface area contributed by atoms with Gasteiger partial charge in [-0.25, -0.2) is 17.2 Å². The minimum Gasteiger partial charge on any atom is -0.345 e. The molecule has 0 saturated carbocycles. The van der Waals surface area contributed by atoms with Gasteiger partial charge in [-0.15, -0.1) is 0 Å². The summed E-state index contributed by atoms with van der Waals surface area (Å²) >= 11 is 0. The van der Waals surface area contributed by atoms with Crippen molar-refractivity contribution in [1.82, 2.24) is 9.55 Å². The van der Waals surface area contributed by atoms with Crippen molar-refractivity contribution in [3.63, 3.8) is 0 Å². The summed E-state index contributed by atoms with van der Waals surface area (Å²) in [7, 11) is -1.51. The minimum absolute atomic E-state index is 0.149. The molecule has 5 rings (SSSR count). The number of anilines is 2. The normalized spacial score (nSPS) is 13.3. The van der Waals surface area contributed by atoms with Gasteiger partial charge in [0, 0.05) is 54.0 Å². The number of halogens is 2. The number of fused-ring (bicyclic) bond motifs is 2. The number of rotatable bonds is 3. The molecule has 0 bridgehead atoms. The molecular formula is C23H19F2N3O3S. The van der Waals surface area contributed by atoms with Crippen molar-refractivity contribution in [2.75, 3.05) is 11.2 Å². The first-order chi connectivity index (χ1) is 15.1. The predicted molar refractivity (Wildman–Crippen MR) is 120 cm³/mol. The van der Waals surface area contributed by atoms with E-state index in [0.717, 1.165) is 28.8 Å². The first-order valence-corrected chi connectivity index (χ1v) is 11.9. The number of H-pyrrole nitrogens is 1. The van der Waals surface area contributed by atoms with Crippen molar-refractivity contribution >= 4 is 32.1 Å². The van der Waals surface area contributed by atoms with Crippen LogP contribution >= 0.6 is 0 Å². The molecule has 0 atom stereocenters. The summed E-state index contributed by atoms with van der Waals surface area (Å²) in [5.41, 5.74) is 3.78. The number of aromatic nitrogens is 2. The Morgan fingerprint density at radius 1 is 1.06 bits per heavy atom. The summed E-state index contributed by atoms with van der Waals surface area (Å²) in [5.74, 6) is -1.55. The molecule has 0 spiro atoms. The predicted octanol–water partition coefficient (Wildman–Crippen LogP) is 4.01. The Kier molecular flexibility index (Phi) is 4.49. The fraction of sp³-hybridized carbons (Fsp3) is 0.174. The van der Waals surface area contributed by atoms with Crippen LogP contribution in [0.15, 0.2) is 53.6 Å². The number of nitrogens with one attached hydrogen (secondary N) is 1. The molecule has 0 amide bonds. The summed E-state index contributed by atoms with van der Waals surface area (Å²) in [4.78, 5) is 17.0. The maximum Gasteiger partial charge on any atom is 0.272 e. The van der Waals surface area contributed by atoms with E-state index in [2.05, 4.69) is 4.98 Å². The van der Waals surface area contributed by atoms with Gasteiger partial charge in [-0.05, 0) is 35.4 Å². The molecular weight excluding hydrogens is 436 g/mol. The monoisotopic (exact) mass is 455 g/mol. The highest BCUT2D eigenvalue weighted by molar-refractivity contribution is 7.89. The molecule has 3 heterocycles. The van der Waals surface area contributed by atoms with Crippen LogP contribution in [0.1, 0.15) is 11.1 Å². The van der Waals surface area contributed by atoms with Gasteiger partial charge in [-0.1, -0.05) is 6.07 Å². The molecule has 2 aromatic heterocycles. The molecule has 32 heavy (non-hydrogen) atoms. The highest BCUT2D eigenvalue weighted by atomic mass is 32.2. The van der Waals surface area contributed by atoms with Crippen LogP contribution in [0.4, 0.5) is 20.2 Å². The second-order valence-electron chi connectivity index (χ2n) is 8.12. The van der Waals surface area contributed by atoms with Crippen molar-refractivity contribution in [3.05, 3.63) is 81.9 Å². The Bertz CT molecular complexity index is 1570. The Morgan fingerprint density at radius 2 is 1.81 bits per heavy atom. The molecule has 164 valence electrons. The first kappa shape index (κ1) is 20.4. The van der Waals surface area contributed by atoms with E-state index in [0.29, 0.717) is 22.3 Å². The van der Waals surface area contributed by atoms with E-state index in [1.165, 1.54) is 12.1 Å². The average molecular weight is 455 g/mol. The SMILES string of the molecule is Cn1cc2c3c(c[nH]c(=O)c31)CN(c1ccc(F)cc1F)c1ccc(CS(C)(=O)=O)cc1-2. The van der Waals surface area contributed by atoms with E-state index in [1.54, 1.807) is 40.9 Å².